The van der Waals surface area contributed by atoms with Crippen molar-refractivity contribution in [1.29, 1.82) is 0 Å². The van der Waals surface area contributed by atoms with Crippen LogP contribution < -0.4 is 15.4 Å². The van der Waals surface area contributed by atoms with Crippen molar-refractivity contribution in [3.63, 3.8) is 0 Å². The highest BCUT2D eigenvalue weighted by Crippen LogP contribution is 2.22. The van der Waals surface area contributed by atoms with Crippen LogP contribution in [0, 0.1) is 0 Å². The summed E-state index contributed by atoms with van der Waals surface area (Å²) >= 11 is 0. The Labute approximate surface area is 125 Å². The van der Waals surface area contributed by atoms with Crippen molar-refractivity contribution in [2.45, 2.75) is 0 Å². The van der Waals surface area contributed by atoms with E-state index in [1.807, 2.05) is 42.5 Å². The fourth-order valence-electron chi connectivity index (χ4n) is 2.00. The van der Waals surface area contributed by atoms with Crippen LogP contribution >= 0.6 is 0 Å². The van der Waals surface area contributed by atoms with E-state index in [4.69, 9.17) is 5.73 Å². The number of sulfonamides is 1. The van der Waals surface area contributed by atoms with Crippen LogP contribution in [0.4, 0.5) is 17.1 Å². The molecule has 0 aliphatic heterocycles. The number of rotatable bonds is 6. The third kappa shape index (κ3) is 4.21. The highest BCUT2D eigenvalue weighted by atomic mass is 32.2. The van der Waals surface area contributed by atoms with Gasteiger partial charge in [0.2, 0.25) is 10.0 Å². The second-order valence-electron chi connectivity index (χ2n) is 4.66. The maximum Gasteiger partial charge on any atom is 0.232 e. The van der Waals surface area contributed by atoms with E-state index in [1.165, 1.54) is 10.6 Å². The number of anilines is 3. The molecule has 0 bridgehead atoms. The Morgan fingerprint density at radius 3 is 2.10 bits per heavy atom. The fraction of sp³-hybridized carbons (Fsp3) is 0.200. The van der Waals surface area contributed by atoms with Crippen LogP contribution in [0.5, 0.6) is 0 Å². The van der Waals surface area contributed by atoms with Crippen molar-refractivity contribution in [3.8, 4) is 0 Å². The first-order valence-electron chi connectivity index (χ1n) is 6.60. The van der Waals surface area contributed by atoms with Crippen LogP contribution in [-0.2, 0) is 10.0 Å². The van der Waals surface area contributed by atoms with Crippen LogP contribution in [0.25, 0.3) is 0 Å². The van der Waals surface area contributed by atoms with Gasteiger partial charge in [-0.2, -0.15) is 0 Å². The summed E-state index contributed by atoms with van der Waals surface area (Å²) in [6.07, 6.45) is 1.18. The first kappa shape index (κ1) is 15.3. The van der Waals surface area contributed by atoms with Gasteiger partial charge in [-0.25, -0.2) is 8.42 Å². The molecular formula is C15H19N3O2S. The van der Waals surface area contributed by atoms with E-state index in [0.717, 1.165) is 11.4 Å². The van der Waals surface area contributed by atoms with Gasteiger partial charge < -0.3 is 11.1 Å². The summed E-state index contributed by atoms with van der Waals surface area (Å²) < 4.78 is 24.8. The van der Waals surface area contributed by atoms with Gasteiger partial charge in [0, 0.05) is 24.5 Å². The SMILES string of the molecule is CS(=O)(=O)N(CCN)c1ccc(Nc2ccccc2)cc1. The standard InChI is InChI=1S/C15H19N3O2S/c1-21(19,20)18(12-11-16)15-9-7-14(8-10-15)17-13-5-3-2-4-6-13/h2-10,17H,11-12,16H2,1H3. The van der Waals surface area contributed by atoms with E-state index < -0.39 is 10.0 Å². The normalized spacial score (nSPS) is 11.1. The molecule has 0 unspecified atom stereocenters. The second-order valence-corrected chi connectivity index (χ2v) is 6.57. The Morgan fingerprint density at radius 1 is 1.00 bits per heavy atom. The summed E-state index contributed by atoms with van der Waals surface area (Å²) in [6.45, 7) is 0.543. The molecule has 3 N–H and O–H groups in total. The van der Waals surface area contributed by atoms with Crippen LogP contribution in [0.2, 0.25) is 0 Å². The summed E-state index contributed by atoms with van der Waals surface area (Å²) in [6, 6.07) is 17.0. The number of nitrogens with one attached hydrogen (secondary N) is 1. The lowest BCUT2D eigenvalue weighted by Crippen LogP contribution is -2.34. The van der Waals surface area contributed by atoms with Crippen molar-refractivity contribution in [2.75, 3.05) is 29.0 Å². The smallest absolute Gasteiger partial charge is 0.232 e. The summed E-state index contributed by atoms with van der Waals surface area (Å²) in [5.41, 5.74) is 7.96. The van der Waals surface area contributed by atoms with Gasteiger partial charge in [0.15, 0.2) is 0 Å². The van der Waals surface area contributed by atoms with Crippen molar-refractivity contribution >= 4 is 27.1 Å². The average Bonchev–Trinajstić information content (AvgIpc) is 2.46. The van der Waals surface area contributed by atoms with E-state index in [9.17, 15) is 8.42 Å². The molecule has 6 heteroatoms. The summed E-state index contributed by atoms with van der Waals surface area (Å²) in [5, 5.41) is 3.25. The molecule has 0 spiro atoms. The number of hydrogen-bond donors (Lipinski definition) is 2. The van der Waals surface area contributed by atoms with Gasteiger partial charge in [-0.3, -0.25) is 4.31 Å². The van der Waals surface area contributed by atoms with E-state index >= 15 is 0 Å². The quantitative estimate of drug-likeness (QED) is 0.857. The zero-order valence-corrected chi connectivity index (χ0v) is 12.7. The molecule has 2 rings (SSSR count). The predicted octanol–water partition coefficient (Wildman–Crippen LogP) is 2.15. The lowest BCUT2D eigenvalue weighted by Gasteiger charge is -2.21. The molecule has 0 heterocycles. The average molecular weight is 305 g/mol. The Bertz CT molecular complexity index is 670. The third-order valence-corrected chi connectivity index (χ3v) is 4.14. The summed E-state index contributed by atoms with van der Waals surface area (Å²) in [5.74, 6) is 0. The van der Waals surface area contributed by atoms with Crippen molar-refractivity contribution in [3.05, 3.63) is 54.6 Å². The van der Waals surface area contributed by atoms with E-state index in [1.54, 1.807) is 12.1 Å². The molecule has 0 atom stereocenters. The summed E-state index contributed by atoms with van der Waals surface area (Å²) in [4.78, 5) is 0. The molecule has 0 aliphatic carbocycles. The lowest BCUT2D eigenvalue weighted by atomic mass is 10.2. The van der Waals surface area contributed by atoms with Crippen LogP contribution in [-0.4, -0.2) is 27.8 Å². The van der Waals surface area contributed by atoms with Gasteiger partial charge in [-0.15, -0.1) is 0 Å². The molecular weight excluding hydrogens is 286 g/mol. The molecule has 0 radical (unpaired) electrons. The van der Waals surface area contributed by atoms with Gasteiger partial charge in [-0.1, -0.05) is 18.2 Å². The Morgan fingerprint density at radius 2 is 1.57 bits per heavy atom. The molecule has 2 aromatic rings. The summed E-state index contributed by atoms with van der Waals surface area (Å²) in [7, 11) is -3.32. The van der Waals surface area contributed by atoms with Crippen molar-refractivity contribution in [1.82, 2.24) is 0 Å². The monoisotopic (exact) mass is 305 g/mol. The molecule has 5 nitrogen and oxygen atoms in total. The molecule has 112 valence electrons. The van der Waals surface area contributed by atoms with Gasteiger partial charge in [0.25, 0.3) is 0 Å². The number of para-hydroxylation sites is 1. The lowest BCUT2D eigenvalue weighted by molar-refractivity contribution is 0.597. The molecule has 21 heavy (non-hydrogen) atoms. The predicted molar refractivity (Wildman–Crippen MR) is 87.4 cm³/mol. The molecule has 0 aliphatic rings. The number of nitrogens with two attached hydrogens (primary N) is 1. The van der Waals surface area contributed by atoms with Crippen LogP contribution in [0.15, 0.2) is 54.6 Å². The van der Waals surface area contributed by atoms with E-state index in [2.05, 4.69) is 5.32 Å². The highest BCUT2D eigenvalue weighted by Gasteiger charge is 2.16. The van der Waals surface area contributed by atoms with Crippen LogP contribution in [0.3, 0.4) is 0 Å². The Kier molecular flexibility index (Phi) is 4.82. The molecule has 0 amide bonds. The number of nitrogens with zero attached hydrogens (tertiary/aromatic N) is 1. The first-order chi connectivity index (χ1) is 10.0. The van der Waals surface area contributed by atoms with Crippen molar-refractivity contribution < 1.29 is 8.42 Å². The fourth-order valence-corrected chi connectivity index (χ4v) is 2.94. The molecule has 0 fully saturated rings. The maximum atomic E-state index is 11.8. The minimum absolute atomic E-state index is 0.268. The Balaban J connectivity index is 2.18. The van der Waals surface area contributed by atoms with Crippen molar-refractivity contribution in [2.24, 2.45) is 5.73 Å². The van der Waals surface area contributed by atoms with Crippen LogP contribution in [0.1, 0.15) is 0 Å². The number of benzene rings is 2. The van der Waals surface area contributed by atoms with E-state index in [-0.39, 0.29) is 13.1 Å². The van der Waals surface area contributed by atoms with Gasteiger partial charge in [0.1, 0.15) is 0 Å². The molecule has 0 aromatic heterocycles. The second kappa shape index (κ2) is 6.60. The maximum absolute atomic E-state index is 11.8. The molecule has 0 saturated heterocycles. The largest absolute Gasteiger partial charge is 0.356 e. The zero-order valence-electron chi connectivity index (χ0n) is 11.9. The first-order valence-corrected chi connectivity index (χ1v) is 8.45. The molecule has 2 aromatic carbocycles. The van der Waals surface area contributed by atoms with Gasteiger partial charge in [0.05, 0.1) is 11.9 Å². The van der Waals surface area contributed by atoms with Gasteiger partial charge >= 0.3 is 0 Å². The highest BCUT2D eigenvalue weighted by molar-refractivity contribution is 7.92. The third-order valence-electron chi connectivity index (χ3n) is 2.95. The van der Waals surface area contributed by atoms with Gasteiger partial charge in [-0.05, 0) is 36.4 Å². The number of hydrogen-bond acceptors (Lipinski definition) is 4. The topological polar surface area (TPSA) is 75.4 Å². The minimum Gasteiger partial charge on any atom is -0.356 e. The zero-order chi connectivity index (χ0) is 15.3. The molecule has 0 saturated carbocycles. The Hall–Kier alpha value is -2.05. The van der Waals surface area contributed by atoms with E-state index in [0.29, 0.717) is 5.69 Å². The minimum atomic E-state index is -3.32.